The maximum Gasteiger partial charge on any atom is 0.269 e. The third-order valence-electron chi connectivity index (χ3n) is 3.00. The largest absolute Gasteiger partial charge is 0.399 e. The van der Waals surface area contributed by atoms with Gasteiger partial charge in [0.1, 0.15) is 4.90 Å². The Morgan fingerprint density at radius 2 is 2.00 bits per heavy atom. The Morgan fingerprint density at radius 3 is 2.63 bits per heavy atom. The van der Waals surface area contributed by atoms with Crippen LogP contribution >= 0.6 is 0 Å². The topological polar surface area (TPSA) is 83.7 Å². The van der Waals surface area contributed by atoms with Gasteiger partial charge >= 0.3 is 0 Å². The van der Waals surface area contributed by atoms with Crippen molar-refractivity contribution in [3.63, 3.8) is 0 Å². The van der Waals surface area contributed by atoms with Gasteiger partial charge in [0.15, 0.2) is 0 Å². The highest BCUT2D eigenvalue weighted by Crippen LogP contribution is 2.31. The van der Waals surface area contributed by atoms with Gasteiger partial charge in [0.05, 0.1) is 5.56 Å². The SMILES string of the molecule is CN(C)CCCN1C(=O)c2cc(N)ccc2S1(=O)=O. The number of benzene rings is 1. The lowest BCUT2D eigenvalue weighted by atomic mass is 10.2. The van der Waals surface area contributed by atoms with E-state index in [1.807, 2.05) is 19.0 Å². The quantitative estimate of drug-likeness (QED) is 0.807. The maximum atomic E-state index is 12.2. The van der Waals surface area contributed by atoms with Crippen molar-refractivity contribution in [1.29, 1.82) is 0 Å². The Kier molecular flexibility index (Phi) is 3.51. The smallest absolute Gasteiger partial charge is 0.269 e. The molecular weight excluding hydrogens is 266 g/mol. The van der Waals surface area contributed by atoms with Gasteiger partial charge in [0, 0.05) is 12.2 Å². The van der Waals surface area contributed by atoms with E-state index in [-0.39, 0.29) is 17.0 Å². The number of hydrogen-bond donors (Lipinski definition) is 1. The Morgan fingerprint density at radius 1 is 1.32 bits per heavy atom. The van der Waals surface area contributed by atoms with Crippen LogP contribution in [0.2, 0.25) is 0 Å². The van der Waals surface area contributed by atoms with E-state index >= 15 is 0 Å². The molecule has 0 saturated carbocycles. The first-order valence-electron chi connectivity index (χ1n) is 5.95. The molecule has 0 saturated heterocycles. The Bertz CT molecular complexity index is 611. The predicted octanol–water partition coefficient (Wildman–Crippen LogP) is 0.365. The molecule has 0 unspecified atom stereocenters. The standard InChI is InChI=1S/C12H17N3O3S/c1-14(2)6-3-7-15-12(16)10-8-9(13)4-5-11(10)19(15,17)18/h4-5,8H,3,6-7,13H2,1-2H3. The molecule has 1 heterocycles. The molecule has 104 valence electrons. The molecule has 0 fully saturated rings. The summed E-state index contributed by atoms with van der Waals surface area (Å²) < 4.78 is 25.4. The average Bonchev–Trinajstić information content (AvgIpc) is 2.49. The van der Waals surface area contributed by atoms with E-state index in [9.17, 15) is 13.2 Å². The van der Waals surface area contributed by atoms with E-state index in [2.05, 4.69) is 0 Å². The number of fused-ring (bicyclic) bond motifs is 1. The molecule has 2 rings (SSSR count). The number of hydrogen-bond acceptors (Lipinski definition) is 5. The van der Waals surface area contributed by atoms with Gasteiger partial charge in [-0.05, 0) is 45.3 Å². The van der Waals surface area contributed by atoms with Crippen LogP contribution < -0.4 is 5.73 Å². The van der Waals surface area contributed by atoms with Crippen LogP contribution in [0.5, 0.6) is 0 Å². The van der Waals surface area contributed by atoms with E-state index in [0.29, 0.717) is 12.1 Å². The van der Waals surface area contributed by atoms with Crippen molar-refractivity contribution in [2.75, 3.05) is 32.9 Å². The Labute approximate surface area is 112 Å². The minimum atomic E-state index is -3.70. The molecule has 0 aliphatic carbocycles. The van der Waals surface area contributed by atoms with Crippen LogP contribution in [0.4, 0.5) is 5.69 Å². The van der Waals surface area contributed by atoms with E-state index in [1.165, 1.54) is 18.2 Å². The third kappa shape index (κ3) is 2.43. The number of carbonyl (C=O) groups is 1. The third-order valence-corrected chi connectivity index (χ3v) is 4.84. The van der Waals surface area contributed by atoms with Crippen molar-refractivity contribution in [3.05, 3.63) is 23.8 Å². The minimum Gasteiger partial charge on any atom is -0.399 e. The van der Waals surface area contributed by atoms with Crippen LogP contribution in [0.3, 0.4) is 0 Å². The zero-order chi connectivity index (χ0) is 14.2. The second-order valence-corrected chi connectivity index (χ2v) is 6.63. The number of anilines is 1. The average molecular weight is 283 g/mol. The second-order valence-electron chi connectivity index (χ2n) is 4.79. The zero-order valence-corrected chi connectivity index (χ0v) is 11.8. The van der Waals surface area contributed by atoms with Crippen LogP contribution in [0.1, 0.15) is 16.8 Å². The van der Waals surface area contributed by atoms with Gasteiger partial charge in [-0.25, -0.2) is 12.7 Å². The summed E-state index contributed by atoms with van der Waals surface area (Å²) in [6.45, 7) is 0.908. The summed E-state index contributed by atoms with van der Waals surface area (Å²) in [5, 5.41) is 0. The first kappa shape index (κ1) is 13.8. The molecule has 6 nitrogen and oxygen atoms in total. The van der Waals surface area contributed by atoms with Gasteiger partial charge in [-0.15, -0.1) is 0 Å². The van der Waals surface area contributed by atoms with Gasteiger partial charge < -0.3 is 10.6 Å². The van der Waals surface area contributed by atoms with Crippen LogP contribution in [-0.2, 0) is 10.0 Å². The molecule has 19 heavy (non-hydrogen) atoms. The van der Waals surface area contributed by atoms with Crippen molar-refractivity contribution in [2.24, 2.45) is 0 Å². The number of carbonyl (C=O) groups excluding carboxylic acids is 1. The molecule has 0 radical (unpaired) electrons. The summed E-state index contributed by atoms with van der Waals surface area (Å²) >= 11 is 0. The van der Waals surface area contributed by atoms with Gasteiger partial charge in [0.2, 0.25) is 0 Å². The summed E-state index contributed by atoms with van der Waals surface area (Å²) in [7, 11) is 0.0966. The molecule has 0 bridgehead atoms. The first-order chi connectivity index (χ1) is 8.84. The van der Waals surface area contributed by atoms with Crippen molar-refractivity contribution >= 4 is 21.6 Å². The highest BCUT2D eigenvalue weighted by molar-refractivity contribution is 7.90. The Balaban J connectivity index is 2.28. The van der Waals surface area contributed by atoms with E-state index in [0.717, 1.165) is 10.8 Å². The lowest BCUT2D eigenvalue weighted by molar-refractivity contribution is 0.0868. The van der Waals surface area contributed by atoms with Crippen molar-refractivity contribution in [3.8, 4) is 0 Å². The van der Waals surface area contributed by atoms with Gasteiger partial charge in [0.25, 0.3) is 15.9 Å². The molecule has 0 spiro atoms. The number of amides is 1. The number of nitrogens with zero attached hydrogens (tertiary/aromatic N) is 2. The second kappa shape index (κ2) is 4.82. The fourth-order valence-corrected chi connectivity index (χ4v) is 3.64. The summed E-state index contributed by atoms with van der Waals surface area (Å²) in [6.07, 6.45) is 0.599. The minimum absolute atomic E-state index is 0.0524. The molecular formula is C12H17N3O3S. The van der Waals surface area contributed by atoms with Crippen molar-refractivity contribution in [2.45, 2.75) is 11.3 Å². The van der Waals surface area contributed by atoms with Crippen LogP contribution in [0.25, 0.3) is 0 Å². The molecule has 1 aliphatic heterocycles. The van der Waals surface area contributed by atoms with Crippen LogP contribution in [0, 0.1) is 0 Å². The monoisotopic (exact) mass is 283 g/mol. The maximum absolute atomic E-state index is 12.2. The molecule has 7 heteroatoms. The van der Waals surface area contributed by atoms with Gasteiger partial charge in [-0.1, -0.05) is 0 Å². The number of rotatable bonds is 4. The van der Waals surface area contributed by atoms with Crippen molar-refractivity contribution in [1.82, 2.24) is 9.21 Å². The molecule has 1 aromatic carbocycles. The predicted molar refractivity (Wildman–Crippen MR) is 72.2 cm³/mol. The zero-order valence-electron chi connectivity index (χ0n) is 11.0. The molecule has 1 amide bonds. The molecule has 1 aromatic rings. The Hall–Kier alpha value is -1.60. The van der Waals surface area contributed by atoms with Crippen LogP contribution in [0.15, 0.2) is 23.1 Å². The fourth-order valence-electron chi connectivity index (χ4n) is 2.05. The van der Waals surface area contributed by atoms with E-state index in [1.54, 1.807) is 0 Å². The van der Waals surface area contributed by atoms with Crippen LogP contribution in [-0.4, -0.2) is 50.7 Å². The summed E-state index contributed by atoms with van der Waals surface area (Å²) in [4.78, 5) is 14.1. The number of nitrogens with two attached hydrogens (primary N) is 1. The molecule has 2 N–H and O–H groups in total. The van der Waals surface area contributed by atoms with Crippen molar-refractivity contribution < 1.29 is 13.2 Å². The van der Waals surface area contributed by atoms with E-state index in [4.69, 9.17) is 5.73 Å². The fraction of sp³-hybridized carbons (Fsp3) is 0.417. The van der Waals surface area contributed by atoms with Gasteiger partial charge in [-0.2, -0.15) is 0 Å². The highest BCUT2D eigenvalue weighted by Gasteiger charge is 2.40. The summed E-state index contributed by atoms with van der Waals surface area (Å²) in [6, 6.07) is 4.30. The molecule has 0 aromatic heterocycles. The lowest BCUT2D eigenvalue weighted by Crippen LogP contribution is -2.32. The number of nitrogen functional groups attached to an aromatic ring is 1. The number of sulfonamides is 1. The summed E-state index contributed by atoms with van der Waals surface area (Å²) in [5.74, 6) is -0.485. The van der Waals surface area contributed by atoms with Gasteiger partial charge in [-0.3, -0.25) is 4.79 Å². The normalized spacial score (nSPS) is 17.0. The molecule has 1 aliphatic rings. The molecule has 0 atom stereocenters. The van der Waals surface area contributed by atoms with E-state index < -0.39 is 15.9 Å². The lowest BCUT2D eigenvalue weighted by Gasteiger charge is -2.16. The summed E-state index contributed by atoms with van der Waals surface area (Å²) in [5.41, 5.74) is 6.15. The first-order valence-corrected chi connectivity index (χ1v) is 7.39. The highest BCUT2D eigenvalue weighted by atomic mass is 32.2.